The fourth-order valence-corrected chi connectivity index (χ4v) is 1.11. The van der Waals surface area contributed by atoms with Crippen molar-refractivity contribution in [3.05, 3.63) is 35.9 Å². The van der Waals surface area contributed by atoms with Crippen molar-refractivity contribution in [3.8, 4) is 0 Å². The summed E-state index contributed by atoms with van der Waals surface area (Å²) in [5, 5.41) is 0. The highest BCUT2D eigenvalue weighted by molar-refractivity contribution is 5.67. The van der Waals surface area contributed by atoms with Gasteiger partial charge in [-0.1, -0.05) is 50.6 Å². The van der Waals surface area contributed by atoms with E-state index in [1.165, 1.54) is 11.3 Å². The summed E-state index contributed by atoms with van der Waals surface area (Å²) >= 11 is 0. The van der Waals surface area contributed by atoms with Crippen LogP contribution in [0.5, 0.6) is 0 Å². The van der Waals surface area contributed by atoms with Gasteiger partial charge in [0.1, 0.15) is 6.61 Å². The van der Waals surface area contributed by atoms with Crippen molar-refractivity contribution in [1.29, 1.82) is 0 Å². The Labute approximate surface area is 110 Å². The van der Waals surface area contributed by atoms with Gasteiger partial charge in [-0.2, -0.15) is 0 Å². The lowest BCUT2D eigenvalue weighted by atomic mass is 10.2. The third-order valence-corrected chi connectivity index (χ3v) is 1.98. The molecular weight excluding hydrogens is 228 g/mol. The molecule has 1 rings (SSSR count). The van der Waals surface area contributed by atoms with E-state index in [4.69, 9.17) is 10.5 Å². The van der Waals surface area contributed by atoms with E-state index in [-0.39, 0.29) is 6.09 Å². The van der Waals surface area contributed by atoms with Gasteiger partial charge in [0.15, 0.2) is 0 Å². The van der Waals surface area contributed by atoms with Gasteiger partial charge in [0.25, 0.3) is 0 Å². The van der Waals surface area contributed by atoms with Gasteiger partial charge < -0.3 is 15.4 Å². The van der Waals surface area contributed by atoms with Gasteiger partial charge in [0.05, 0.1) is 0 Å². The first kappa shape index (κ1) is 16.4. The fraction of sp³-hybridized carbons (Fsp3) is 0.500. The number of hydrogen-bond acceptors (Lipinski definition) is 3. The molecule has 4 nitrogen and oxygen atoms in total. The molecule has 0 aromatic heterocycles. The number of ether oxygens (including phenoxy) is 1. The van der Waals surface area contributed by atoms with Crippen molar-refractivity contribution >= 4 is 6.09 Å². The summed E-state index contributed by atoms with van der Waals surface area (Å²) in [5.41, 5.74) is 6.30. The molecule has 0 bridgehead atoms. The van der Waals surface area contributed by atoms with Crippen LogP contribution in [-0.4, -0.2) is 31.1 Å². The molecular formula is C14H24N2O2. The van der Waals surface area contributed by atoms with Gasteiger partial charge in [0, 0.05) is 20.1 Å². The van der Waals surface area contributed by atoms with Gasteiger partial charge in [-0.15, -0.1) is 0 Å². The first-order valence-corrected chi connectivity index (χ1v) is 6.27. The highest BCUT2D eigenvalue weighted by Crippen LogP contribution is 2.01. The highest BCUT2D eigenvalue weighted by atomic mass is 16.6. The summed E-state index contributed by atoms with van der Waals surface area (Å²) in [5.74, 6) is 0. The van der Waals surface area contributed by atoms with Crippen molar-refractivity contribution in [1.82, 2.24) is 4.90 Å². The summed E-state index contributed by atoms with van der Waals surface area (Å²) in [6.07, 6.45) is 0.907. The number of carbonyl (C=O) groups is 1. The number of likely N-dealkylation sites (N-methyl/N-ethyl adjacent to an activating group) is 1. The van der Waals surface area contributed by atoms with Crippen LogP contribution in [0.25, 0.3) is 0 Å². The molecule has 4 heteroatoms. The summed E-state index contributed by atoms with van der Waals surface area (Å²) in [6.45, 7) is 5.50. The lowest BCUT2D eigenvalue weighted by Crippen LogP contribution is -2.32. The van der Waals surface area contributed by atoms with Crippen LogP contribution in [-0.2, 0) is 11.3 Å². The van der Waals surface area contributed by atoms with Crippen LogP contribution in [0.2, 0.25) is 0 Å². The van der Waals surface area contributed by atoms with Crippen LogP contribution in [0, 0.1) is 0 Å². The molecule has 1 amide bonds. The van der Waals surface area contributed by atoms with E-state index in [2.05, 4.69) is 13.8 Å². The largest absolute Gasteiger partial charge is 0.445 e. The third-order valence-electron chi connectivity index (χ3n) is 1.98. The van der Waals surface area contributed by atoms with Crippen molar-refractivity contribution < 1.29 is 9.53 Å². The Morgan fingerprint density at radius 3 is 2.33 bits per heavy atom. The first-order valence-electron chi connectivity index (χ1n) is 6.27. The topological polar surface area (TPSA) is 55.6 Å². The average Bonchev–Trinajstić information content (AvgIpc) is 2.38. The highest BCUT2D eigenvalue weighted by Gasteiger charge is 2.08. The quantitative estimate of drug-likeness (QED) is 0.896. The Hall–Kier alpha value is -1.55. The summed E-state index contributed by atoms with van der Waals surface area (Å²) < 4.78 is 5.07. The van der Waals surface area contributed by atoms with E-state index in [1.807, 2.05) is 30.3 Å². The standard InChI is InChI=1S/C11H16N2O2.C3H8/c1-13(8-7-12)11(14)15-9-10-5-3-2-4-6-10;1-3-2/h2-6H,7-9,12H2,1H3;3H2,1-2H3. The molecule has 0 radical (unpaired) electrons. The lowest BCUT2D eigenvalue weighted by molar-refractivity contribution is 0.106. The average molecular weight is 252 g/mol. The minimum Gasteiger partial charge on any atom is -0.445 e. The Kier molecular flexibility index (Phi) is 9.68. The number of rotatable bonds is 4. The maximum Gasteiger partial charge on any atom is 0.409 e. The normalized spacial score (nSPS) is 9.11. The molecule has 1 aromatic rings. The van der Waals surface area contributed by atoms with Crippen LogP contribution in [0.4, 0.5) is 4.79 Å². The number of amides is 1. The molecule has 0 spiro atoms. The Balaban J connectivity index is 0.000000873. The molecule has 0 unspecified atom stereocenters. The van der Waals surface area contributed by atoms with Crippen molar-refractivity contribution in [2.45, 2.75) is 26.9 Å². The second-order valence-electron chi connectivity index (χ2n) is 3.96. The molecule has 2 N–H and O–H groups in total. The van der Waals surface area contributed by atoms with Gasteiger partial charge in [-0.25, -0.2) is 4.79 Å². The molecule has 0 aliphatic heterocycles. The van der Waals surface area contributed by atoms with Crippen molar-refractivity contribution in [2.75, 3.05) is 20.1 Å². The second-order valence-corrected chi connectivity index (χ2v) is 3.96. The monoisotopic (exact) mass is 252 g/mol. The number of nitrogens with two attached hydrogens (primary N) is 1. The Bertz CT molecular complexity index is 315. The van der Waals surface area contributed by atoms with Crippen LogP contribution >= 0.6 is 0 Å². The van der Waals surface area contributed by atoms with Gasteiger partial charge in [0.2, 0.25) is 0 Å². The Morgan fingerprint density at radius 2 is 1.83 bits per heavy atom. The number of hydrogen-bond donors (Lipinski definition) is 1. The second kappa shape index (κ2) is 10.6. The predicted molar refractivity (Wildman–Crippen MR) is 74.3 cm³/mol. The van der Waals surface area contributed by atoms with E-state index >= 15 is 0 Å². The first-order chi connectivity index (χ1) is 8.65. The fourth-order valence-electron chi connectivity index (χ4n) is 1.11. The Morgan fingerprint density at radius 1 is 1.28 bits per heavy atom. The summed E-state index contributed by atoms with van der Waals surface area (Å²) in [7, 11) is 1.67. The van der Waals surface area contributed by atoms with Crippen molar-refractivity contribution in [2.24, 2.45) is 5.73 Å². The van der Waals surface area contributed by atoms with E-state index in [9.17, 15) is 4.79 Å². The van der Waals surface area contributed by atoms with Gasteiger partial charge in [-0.05, 0) is 5.56 Å². The van der Waals surface area contributed by atoms with Crippen LogP contribution in [0.1, 0.15) is 25.8 Å². The smallest absolute Gasteiger partial charge is 0.409 e. The predicted octanol–water partition coefficient (Wildman–Crippen LogP) is 2.63. The zero-order chi connectivity index (χ0) is 13.8. The molecule has 18 heavy (non-hydrogen) atoms. The van der Waals surface area contributed by atoms with Gasteiger partial charge >= 0.3 is 6.09 Å². The van der Waals surface area contributed by atoms with Crippen LogP contribution < -0.4 is 5.73 Å². The van der Waals surface area contributed by atoms with E-state index in [0.29, 0.717) is 19.7 Å². The molecule has 102 valence electrons. The number of benzene rings is 1. The van der Waals surface area contributed by atoms with E-state index in [0.717, 1.165) is 5.56 Å². The number of nitrogens with zero attached hydrogens (tertiary/aromatic N) is 1. The lowest BCUT2D eigenvalue weighted by Gasteiger charge is -2.15. The molecule has 1 aromatic carbocycles. The van der Waals surface area contributed by atoms with Crippen LogP contribution in [0.15, 0.2) is 30.3 Å². The molecule has 0 atom stereocenters. The zero-order valence-electron chi connectivity index (χ0n) is 11.6. The molecule has 0 aliphatic rings. The zero-order valence-corrected chi connectivity index (χ0v) is 11.6. The summed E-state index contributed by atoms with van der Waals surface area (Å²) in [4.78, 5) is 12.8. The SMILES string of the molecule is CCC.CN(CCN)C(=O)OCc1ccccc1. The molecule has 0 heterocycles. The molecule has 0 saturated carbocycles. The van der Waals surface area contributed by atoms with E-state index < -0.39 is 0 Å². The van der Waals surface area contributed by atoms with Crippen molar-refractivity contribution in [3.63, 3.8) is 0 Å². The van der Waals surface area contributed by atoms with Gasteiger partial charge in [-0.3, -0.25) is 0 Å². The van der Waals surface area contributed by atoms with E-state index in [1.54, 1.807) is 7.05 Å². The third kappa shape index (κ3) is 7.68. The molecule has 0 fully saturated rings. The number of carbonyl (C=O) groups excluding carboxylic acids is 1. The maximum atomic E-state index is 11.4. The molecule has 0 aliphatic carbocycles. The minimum atomic E-state index is -0.343. The minimum absolute atomic E-state index is 0.300. The summed E-state index contributed by atoms with van der Waals surface area (Å²) in [6, 6.07) is 9.57. The maximum absolute atomic E-state index is 11.4. The van der Waals surface area contributed by atoms with Crippen LogP contribution in [0.3, 0.4) is 0 Å². The molecule has 0 saturated heterocycles.